The summed E-state index contributed by atoms with van der Waals surface area (Å²) >= 11 is 1.72. The third-order valence-electron chi connectivity index (χ3n) is 3.36. The molecule has 21 heavy (non-hydrogen) atoms. The Hall–Kier alpha value is -1.85. The first-order valence-corrected chi connectivity index (χ1v) is 7.66. The zero-order valence-corrected chi connectivity index (χ0v) is 12.1. The zero-order valence-electron chi connectivity index (χ0n) is 11.3. The molecule has 0 radical (unpaired) electrons. The monoisotopic (exact) mass is 297 g/mol. The van der Waals surface area contributed by atoms with Crippen LogP contribution in [0.1, 0.15) is 5.56 Å². The van der Waals surface area contributed by atoms with Crippen molar-refractivity contribution in [3.63, 3.8) is 0 Å². The van der Waals surface area contributed by atoms with Crippen LogP contribution in [0.5, 0.6) is 0 Å². The Morgan fingerprint density at radius 1 is 0.905 bits per heavy atom. The lowest BCUT2D eigenvalue weighted by molar-refractivity contribution is -0.990. The van der Waals surface area contributed by atoms with Crippen molar-refractivity contribution in [2.45, 2.75) is 10.6 Å². The number of rotatable bonds is 4. The number of hydrogen-bond acceptors (Lipinski definition) is 3. The quantitative estimate of drug-likeness (QED) is 0.572. The molecule has 0 saturated heterocycles. The molecule has 1 atom stereocenters. The van der Waals surface area contributed by atoms with Gasteiger partial charge in [-0.05, 0) is 29.3 Å². The average molecular weight is 297 g/mol. The van der Waals surface area contributed by atoms with Crippen molar-refractivity contribution in [3.05, 3.63) is 77.5 Å². The molecule has 2 aliphatic rings. The molecule has 0 aromatic heterocycles. The maximum absolute atomic E-state index is 11.4. The summed E-state index contributed by atoms with van der Waals surface area (Å²) in [6.07, 6.45) is 0. The van der Waals surface area contributed by atoms with E-state index in [2.05, 4.69) is 12.1 Å². The van der Waals surface area contributed by atoms with Crippen molar-refractivity contribution < 1.29 is 10.4 Å². The van der Waals surface area contributed by atoms with Gasteiger partial charge in [0.2, 0.25) is 0 Å². The molecule has 1 aromatic rings. The molecule has 3 nitrogen and oxygen atoms in total. The standard InChI is InChI=1S/C17H15NO2S/c19-18(20)17-11-13(12-21-14-7-3-1-4-8-14)15-9-5-2-6-10-16(15)17/h1-11,18-19H,12H2. The van der Waals surface area contributed by atoms with Crippen molar-refractivity contribution in [3.8, 4) is 11.1 Å². The highest BCUT2D eigenvalue weighted by atomic mass is 32.2. The van der Waals surface area contributed by atoms with Crippen LogP contribution < -0.4 is 5.23 Å². The van der Waals surface area contributed by atoms with Crippen LogP contribution >= 0.6 is 11.8 Å². The molecule has 0 amide bonds. The van der Waals surface area contributed by atoms with Crippen molar-refractivity contribution in [1.82, 2.24) is 0 Å². The first-order valence-electron chi connectivity index (χ1n) is 6.67. The molecule has 0 spiro atoms. The topological polar surface area (TPSA) is 47.7 Å². The molecule has 106 valence electrons. The normalized spacial score (nSPS) is 12.5. The van der Waals surface area contributed by atoms with Gasteiger partial charge < -0.3 is 5.21 Å². The van der Waals surface area contributed by atoms with Crippen LogP contribution in [-0.4, -0.2) is 5.21 Å². The summed E-state index contributed by atoms with van der Waals surface area (Å²) in [5.74, 6) is 0.762. The van der Waals surface area contributed by atoms with Crippen molar-refractivity contribution in [1.29, 1.82) is 0 Å². The van der Waals surface area contributed by atoms with Gasteiger partial charge in [-0.2, -0.15) is 5.23 Å². The van der Waals surface area contributed by atoms with Crippen LogP contribution in [0, 0.1) is 5.21 Å². The molecule has 0 aliphatic heterocycles. The van der Waals surface area contributed by atoms with E-state index in [1.165, 1.54) is 4.90 Å². The predicted molar refractivity (Wildman–Crippen MR) is 84.8 cm³/mol. The molecule has 1 unspecified atom stereocenters. The number of quaternary nitrogens is 1. The Bertz CT molecular complexity index is 700. The minimum atomic E-state index is -0.873. The van der Waals surface area contributed by atoms with E-state index in [0.29, 0.717) is 5.69 Å². The van der Waals surface area contributed by atoms with Crippen LogP contribution in [0.3, 0.4) is 0 Å². The van der Waals surface area contributed by atoms with Gasteiger partial charge in [0.05, 0.1) is 0 Å². The van der Waals surface area contributed by atoms with Crippen LogP contribution in [0.25, 0.3) is 11.1 Å². The Morgan fingerprint density at radius 3 is 2.19 bits per heavy atom. The van der Waals surface area contributed by atoms with Gasteiger partial charge in [-0.1, -0.05) is 42.5 Å². The smallest absolute Gasteiger partial charge is 0.172 e. The first kappa shape index (κ1) is 14.1. The average Bonchev–Trinajstić information content (AvgIpc) is 2.68. The Balaban J connectivity index is 1.92. The van der Waals surface area contributed by atoms with Crippen LogP contribution in [0.4, 0.5) is 5.69 Å². The number of thioether (sulfide) groups is 1. The van der Waals surface area contributed by atoms with Gasteiger partial charge in [0, 0.05) is 22.3 Å². The van der Waals surface area contributed by atoms with Gasteiger partial charge in [-0.25, -0.2) is 5.21 Å². The van der Waals surface area contributed by atoms with Gasteiger partial charge in [0.15, 0.2) is 5.69 Å². The molecule has 0 bridgehead atoms. The summed E-state index contributed by atoms with van der Waals surface area (Å²) < 4.78 is 0. The maximum Gasteiger partial charge on any atom is 0.172 e. The van der Waals surface area contributed by atoms with Gasteiger partial charge in [0.25, 0.3) is 0 Å². The van der Waals surface area contributed by atoms with E-state index in [4.69, 9.17) is 0 Å². The molecule has 4 heteroatoms. The lowest BCUT2D eigenvalue weighted by Gasteiger charge is -2.10. The second-order valence-electron chi connectivity index (χ2n) is 4.73. The molecule has 0 heterocycles. The van der Waals surface area contributed by atoms with E-state index >= 15 is 0 Å². The zero-order chi connectivity index (χ0) is 14.7. The fourth-order valence-electron chi connectivity index (χ4n) is 2.37. The van der Waals surface area contributed by atoms with Gasteiger partial charge in [-0.3, -0.25) is 0 Å². The SMILES string of the molecule is [O-][NH+](O)c1cc(CSc2ccccc2)c2cccccc1-2. The number of nitrogens with one attached hydrogen (secondary N) is 1. The number of hydrogen-bond donors (Lipinski definition) is 2. The highest BCUT2D eigenvalue weighted by Gasteiger charge is 2.19. The highest BCUT2D eigenvalue weighted by molar-refractivity contribution is 7.98. The van der Waals surface area contributed by atoms with Crippen molar-refractivity contribution in [2.75, 3.05) is 0 Å². The predicted octanol–water partition coefficient (Wildman–Crippen LogP) is 3.49. The second-order valence-corrected chi connectivity index (χ2v) is 5.78. The molecular weight excluding hydrogens is 282 g/mol. The summed E-state index contributed by atoms with van der Waals surface area (Å²) in [6, 6.07) is 21.5. The molecule has 0 saturated carbocycles. The summed E-state index contributed by atoms with van der Waals surface area (Å²) in [6.45, 7) is 0. The third kappa shape index (κ3) is 3.09. The minimum absolute atomic E-state index is 0.380. The summed E-state index contributed by atoms with van der Waals surface area (Å²) in [7, 11) is 0. The lowest BCUT2D eigenvalue weighted by Crippen LogP contribution is -2.99. The maximum atomic E-state index is 11.4. The number of fused-ring (bicyclic) bond motifs is 1. The van der Waals surface area contributed by atoms with E-state index in [-0.39, 0.29) is 0 Å². The lowest BCUT2D eigenvalue weighted by atomic mass is 10.1. The third-order valence-corrected chi connectivity index (χ3v) is 4.42. The van der Waals surface area contributed by atoms with E-state index in [1.807, 2.05) is 48.5 Å². The van der Waals surface area contributed by atoms with Gasteiger partial charge in [-0.15, -0.1) is 11.8 Å². The summed E-state index contributed by atoms with van der Waals surface area (Å²) in [4.78, 5) is 1.18. The van der Waals surface area contributed by atoms with Gasteiger partial charge >= 0.3 is 0 Å². The number of benzene rings is 1. The van der Waals surface area contributed by atoms with E-state index < -0.39 is 5.23 Å². The van der Waals surface area contributed by atoms with E-state index in [1.54, 1.807) is 17.8 Å². The summed E-state index contributed by atoms with van der Waals surface area (Å²) in [5, 5.41) is 19.9. The fraction of sp³-hybridized carbons (Fsp3) is 0.0588. The van der Waals surface area contributed by atoms with Crippen molar-refractivity contribution >= 4 is 17.4 Å². The van der Waals surface area contributed by atoms with Crippen LogP contribution in [0.15, 0.2) is 71.6 Å². The molecular formula is C17H15NO2S. The molecule has 2 aliphatic carbocycles. The first-order chi connectivity index (χ1) is 10.3. The fourth-order valence-corrected chi connectivity index (χ4v) is 3.28. The molecule has 2 N–H and O–H groups in total. The van der Waals surface area contributed by atoms with Crippen LogP contribution in [-0.2, 0) is 5.75 Å². The van der Waals surface area contributed by atoms with Crippen molar-refractivity contribution in [2.24, 2.45) is 0 Å². The van der Waals surface area contributed by atoms with Gasteiger partial charge in [0.1, 0.15) is 0 Å². The minimum Gasteiger partial charge on any atom is -0.595 e. The van der Waals surface area contributed by atoms with E-state index in [0.717, 1.165) is 22.4 Å². The molecule has 1 aromatic carbocycles. The Labute approximate surface area is 127 Å². The molecule has 3 rings (SSSR count). The van der Waals surface area contributed by atoms with Crippen LogP contribution in [0.2, 0.25) is 0 Å². The second kappa shape index (κ2) is 6.28. The summed E-state index contributed by atoms with van der Waals surface area (Å²) in [5.41, 5.74) is 3.26. The Morgan fingerprint density at radius 2 is 1.52 bits per heavy atom. The highest BCUT2D eigenvalue weighted by Crippen LogP contribution is 2.36. The Kier molecular flexibility index (Phi) is 4.22. The van der Waals surface area contributed by atoms with E-state index in [9.17, 15) is 10.4 Å². The largest absolute Gasteiger partial charge is 0.595 e. The molecule has 0 fully saturated rings.